The van der Waals surface area contributed by atoms with Crippen LogP contribution in [-0.2, 0) is 0 Å². The summed E-state index contributed by atoms with van der Waals surface area (Å²) in [5, 5.41) is 7.87. The van der Waals surface area contributed by atoms with Gasteiger partial charge in [-0.2, -0.15) is 0 Å². The van der Waals surface area contributed by atoms with Crippen LogP contribution in [-0.4, -0.2) is 41.1 Å². The minimum atomic E-state index is -0.269. The summed E-state index contributed by atoms with van der Waals surface area (Å²) in [5.74, 6) is 2.63. The van der Waals surface area contributed by atoms with E-state index in [0.717, 1.165) is 53.9 Å². The third-order valence-electron chi connectivity index (χ3n) is 7.01. The standard InChI is InChI=1S/C27H28FN7/c1-35(21-9-11-29-12-10-21)27-25-22(17-2-3-17)15-30-16-23(25)33-26(34-27)18-8-13-31-24(14-18)32-20-6-4-19(28)5-7-20/h4-8,13-17,21,29H,2-3,9-12H2,1H3,(H,31,32)/p+1. The smallest absolute Gasteiger partial charge is 0.193 e. The molecule has 1 saturated heterocycles. The van der Waals surface area contributed by atoms with Crippen LogP contribution in [0.15, 0.2) is 55.0 Å². The van der Waals surface area contributed by atoms with Crippen molar-refractivity contribution < 1.29 is 9.37 Å². The highest BCUT2D eigenvalue weighted by molar-refractivity contribution is 5.93. The van der Waals surface area contributed by atoms with Gasteiger partial charge in [0.1, 0.15) is 23.0 Å². The van der Waals surface area contributed by atoms with E-state index < -0.39 is 0 Å². The normalized spacial score (nSPS) is 16.4. The molecule has 0 bridgehead atoms. The summed E-state index contributed by atoms with van der Waals surface area (Å²) in [5.41, 5.74) is 3.90. The fraction of sp³-hybridized carbons (Fsp3) is 0.333. The van der Waals surface area contributed by atoms with Crippen molar-refractivity contribution in [2.45, 2.75) is 37.6 Å². The largest absolute Gasteiger partial charge is 0.356 e. The van der Waals surface area contributed by atoms with Gasteiger partial charge in [0.2, 0.25) is 0 Å². The zero-order valence-corrected chi connectivity index (χ0v) is 19.8. The topological polar surface area (TPSA) is 80.1 Å². The average Bonchev–Trinajstić information content (AvgIpc) is 3.75. The van der Waals surface area contributed by atoms with Gasteiger partial charge in [-0.3, -0.25) is 0 Å². The Kier molecular flexibility index (Phi) is 5.74. The van der Waals surface area contributed by atoms with E-state index in [0.29, 0.717) is 23.6 Å². The summed E-state index contributed by atoms with van der Waals surface area (Å²) in [4.78, 5) is 20.3. The molecule has 35 heavy (non-hydrogen) atoms. The lowest BCUT2D eigenvalue weighted by atomic mass is 10.0. The quantitative estimate of drug-likeness (QED) is 0.433. The number of benzene rings is 1. The molecule has 7 nitrogen and oxygen atoms in total. The molecule has 1 saturated carbocycles. The minimum absolute atomic E-state index is 0.269. The molecule has 178 valence electrons. The highest BCUT2D eigenvalue weighted by Crippen LogP contribution is 2.44. The summed E-state index contributed by atoms with van der Waals surface area (Å²) < 4.78 is 13.3. The van der Waals surface area contributed by atoms with Crippen LogP contribution in [0.1, 0.15) is 37.2 Å². The van der Waals surface area contributed by atoms with Crippen molar-refractivity contribution >= 4 is 28.2 Å². The van der Waals surface area contributed by atoms with Gasteiger partial charge in [-0.15, -0.1) is 0 Å². The Morgan fingerprint density at radius 2 is 1.83 bits per heavy atom. The van der Waals surface area contributed by atoms with E-state index in [1.54, 1.807) is 18.3 Å². The van der Waals surface area contributed by atoms with Gasteiger partial charge in [0.05, 0.1) is 5.39 Å². The monoisotopic (exact) mass is 470 g/mol. The molecule has 0 amide bonds. The predicted octanol–water partition coefficient (Wildman–Crippen LogP) is 4.45. The van der Waals surface area contributed by atoms with Crippen LogP contribution in [0.5, 0.6) is 0 Å². The Morgan fingerprint density at radius 1 is 1.03 bits per heavy atom. The second-order valence-corrected chi connectivity index (χ2v) is 9.47. The van der Waals surface area contributed by atoms with Crippen LogP contribution in [0, 0.1) is 5.82 Å². The Hall–Kier alpha value is -3.65. The number of nitrogens with zero attached hydrogens (tertiary/aromatic N) is 4. The molecule has 2 aliphatic rings. The summed E-state index contributed by atoms with van der Waals surface area (Å²) >= 11 is 0. The number of hydrogen-bond donors (Lipinski definition) is 2. The van der Waals surface area contributed by atoms with Crippen LogP contribution >= 0.6 is 0 Å². The number of rotatable bonds is 6. The van der Waals surface area contributed by atoms with Crippen LogP contribution in [0.25, 0.3) is 22.3 Å². The first kappa shape index (κ1) is 21.9. The molecule has 1 aromatic carbocycles. The molecule has 6 rings (SSSR count). The molecule has 2 fully saturated rings. The highest BCUT2D eigenvalue weighted by atomic mass is 19.1. The third-order valence-corrected chi connectivity index (χ3v) is 7.01. The van der Waals surface area contributed by atoms with Crippen molar-refractivity contribution in [3.8, 4) is 11.4 Å². The third kappa shape index (κ3) is 4.53. The van der Waals surface area contributed by atoms with Crippen LogP contribution < -0.4 is 20.5 Å². The van der Waals surface area contributed by atoms with E-state index in [1.807, 2.05) is 18.3 Å². The van der Waals surface area contributed by atoms with E-state index in [-0.39, 0.29) is 5.82 Å². The van der Waals surface area contributed by atoms with Crippen LogP contribution in [0.4, 0.5) is 21.7 Å². The van der Waals surface area contributed by atoms with E-state index in [2.05, 4.69) is 38.7 Å². The second kappa shape index (κ2) is 9.19. The number of fused-ring (bicyclic) bond motifs is 1. The van der Waals surface area contributed by atoms with Gasteiger partial charge in [-0.05, 0) is 81.1 Å². The summed E-state index contributed by atoms with van der Waals surface area (Å²) in [6, 6.07) is 10.5. The summed E-state index contributed by atoms with van der Waals surface area (Å²) in [6.45, 7) is 2.05. The number of aromatic nitrogens is 4. The first-order valence-corrected chi connectivity index (χ1v) is 12.3. The molecule has 0 radical (unpaired) electrons. The minimum Gasteiger partial charge on any atom is -0.356 e. The molecule has 0 spiro atoms. The predicted molar refractivity (Wildman–Crippen MR) is 135 cm³/mol. The van der Waals surface area contributed by atoms with Crippen LogP contribution in [0.3, 0.4) is 0 Å². The zero-order valence-electron chi connectivity index (χ0n) is 19.8. The number of anilines is 3. The van der Waals surface area contributed by atoms with E-state index in [1.165, 1.54) is 30.5 Å². The van der Waals surface area contributed by atoms with Crippen molar-refractivity contribution in [1.82, 2.24) is 20.3 Å². The van der Waals surface area contributed by atoms with Gasteiger partial charge in [0.25, 0.3) is 0 Å². The molecule has 8 heteroatoms. The SMILES string of the molecule is CN(c1nc(-c2ccnc(Nc3ccc(F)cc3)c2)nc2c[nH+]cc(C3CC3)c12)C1CCNCC1. The molecule has 0 atom stereocenters. The molecule has 3 N–H and O–H groups in total. The lowest BCUT2D eigenvalue weighted by molar-refractivity contribution is -0.376. The fourth-order valence-corrected chi connectivity index (χ4v) is 4.92. The highest BCUT2D eigenvalue weighted by Gasteiger charge is 2.31. The Labute approximate surface area is 203 Å². The van der Waals surface area contributed by atoms with E-state index >= 15 is 0 Å². The van der Waals surface area contributed by atoms with Gasteiger partial charge in [-0.25, -0.2) is 24.3 Å². The number of pyridine rings is 2. The van der Waals surface area contributed by atoms with Gasteiger partial charge in [-0.1, -0.05) is 0 Å². The number of hydrogen-bond acceptors (Lipinski definition) is 6. The number of aromatic amines is 1. The maximum absolute atomic E-state index is 13.3. The second-order valence-electron chi connectivity index (χ2n) is 9.47. The van der Waals surface area contributed by atoms with Crippen molar-refractivity contribution in [2.24, 2.45) is 0 Å². The molecule has 1 aliphatic heterocycles. The molecule has 4 aromatic rings. The van der Waals surface area contributed by atoms with Gasteiger partial charge < -0.3 is 15.5 Å². The van der Waals surface area contributed by atoms with Crippen molar-refractivity contribution in [2.75, 3.05) is 30.4 Å². The number of H-pyrrole nitrogens is 1. The molecular formula is C27H29FN7+. The fourth-order valence-electron chi connectivity index (χ4n) is 4.92. The maximum atomic E-state index is 13.3. The first-order chi connectivity index (χ1) is 17.2. The summed E-state index contributed by atoms with van der Waals surface area (Å²) in [7, 11) is 2.17. The van der Waals surface area contributed by atoms with Gasteiger partial charge in [0.15, 0.2) is 18.2 Å². The molecular weight excluding hydrogens is 441 g/mol. The Bertz CT molecular complexity index is 1350. The zero-order chi connectivity index (χ0) is 23.8. The maximum Gasteiger partial charge on any atom is 0.193 e. The number of nitrogens with one attached hydrogen (secondary N) is 3. The molecule has 3 aromatic heterocycles. The Balaban J connectivity index is 1.42. The lowest BCUT2D eigenvalue weighted by Gasteiger charge is -2.33. The number of halogens is 1. The lowest BCUT2D eigenvalue weighted by Crippen LogP contribution is -2.41. The van der Waals surface area contributed by atoms with Gasteiger partial charge >= 0.3 is 0 Å². The Morgan fingerprint density at radius 3 is 2.60 bits per heavy atom. The molecule has 4 heterocycles. The molecule has 1 aliphatic carbocycles. The van der Waals surface area contributed by atoms with Crippen LogP contribution in [0.2, 0.25) is 0 Å². The number of piperidine rings is 1. The van der Waals surface area contributed by atoms with Crippen molar-refractivity contribution in [3.63, 3.8) is 0 Å². The van der Waals surface area contributed by atoms with E-state index in [9.17, 15) is 4.39 Å². The van der Waals surface area contributed by atoms with Crippen molar-refractivity contribution in [1.29, 1.82) is 0 Å². The van der Waals surface area contributed by atoms with Gasteiger partial charge in [0, 0.05) is 36.1 Å². The average molecular weight is 471 g/mol. The first-order valence-electron chi connectivity index (χ1n) is 12.3. The van der Waals surface area contributed by atoms with Crippen molar-refractivity contribution in [3.05, 3.63) is 66.4 Å². The molecule has 0 unspecified atom stereocenters. The summed E-state index contributed by atoms with van der Waals surface area (Å²) in [6.07, 6.45) is 10.5. The van der Waals surface area contributed by atoms with E-state index in [4.69, 9.17) is 9.97 Å².